The van der Waals surface area contributed by atoms with Crippen molar-refractivity contribution in [2.24, 2.45) is 0 Å². The summed E-state index contributed by atoms with van der Waals surface area (Å²) in [5.41, 5.74) is 1.18. The zero-order chi connectivity index (χ0) is 18.0. The van der Waals surface area contributed by atoms with Crippen molar-refractivity contribution in [1.82, 2.24) is 4.31 Å². The standard InChI is InChI=1S/C18H19FN2O3S/c1-13-4-9-16(19)17(12-13)20-18(22)14-5-7-15(8-6-14)25(23,24)21-10-2-3-11-21/h4-9,12H,2-3,10-11H2,1H3,(H,20,22). The Kier molecular flexibility index (Phi) is 4.87. The van der Waals surface area contributed by atoms with Gasteiger partial charge in [0.25, 0.3) is 5.91 Å². The number of carbonyl (C=O) groups excluding carboxylic acids is 1. The first-order chi connectivity index (χ1) is 11.9. The maximum atomic E-state index is 13.7. The van der Waals surface area contributed by atoms with E-state index in [0.717, 1.165) is 18.4 Å². The highest BCUT2D eigenvalue weighted by molar-refractivity contribution is 7.89. The van der Waals surface area contributed by atoms with Gasteiger partial charge in [0, 0.05) is 18.7 Å². The molecule has 1 heterocycles. The van der Waals surface area contributed by atoms with Gasteiger partial charge in [-0.1, -0.05) is 6.07 Å². The lowest BCUT2D eigenvalue weighted by Crippen LogP contribution is -2.27. The molecule has 0 aliphatic carbocycles. The molecule has 5 nitrogen and oxygen atoms in total. The molecule has 1 N–H and O–H groups in total. The van der Waals surface area contributed by atoms with Crippen LogP contribution < -0.4 is 5.32 Å². The van der Waals surface area contributed by atoms with Crippen molar-refractivity contribution in [1.29, 1.82) is 0 Å². The number of nitrogens with zero attached hydrogens (tertiary/aromatic N) is 1. The summed E-state index contributed by atoms with van der Waals surface area (Å²) in [6.45, 7) is 2.85. The minimum absolute atomic E-state index is 0.0961. The minimum Gasteiger partial charge on any atom is -0.319 e. The molecule has 1 saturated heterocycles. The molecule has 0 radical (unpaired) electrons. The van der Waals surface area contributed by atoms with E-state index in [4.69, 9.17) is 0 Å². The molecule has 1 amide bonds. The molecular weight excluding hydrogens is 343 g/mol. The van der Waals surface area contributed by atoms with Crippen LogP contribution in [0.4, 0.5) is 10.1 Å². The smallest absolute Gasteiger partial charge is 0.255 e. The van der Waals surface area contributed by atoms with Gasteiger partial charge in [0.1, 0.15) is 5.82 Å². The second-order valence-electron chi connectivity index (χ2n) is 6.07. The summed E-state index contributed by atoms with van der Waals surface area (Å²) in [5.74, 6) is -1.01. The number of nitrogens with one attached hydrogen (secondary N) is 1. The van der Waals surface area contributed by atoms with Crippen LogP contribution in [0.3, 0.4) is 0 Å². The van der Waals surface area contributed by atoms with Gasteiger partial charge in [0.2, 0.25) is 10.0 Å². The summed E-state index contributed by atoms with van der Waals surface area (Å²) in [4.78, 5) is 12.4. The number of sulfonamides is 1. The van der Waals surface area contributed by atoms with E-state index >= 15 is 0 Å². The predicted octanol–water partition coefficient (Wildman–Crippen LogP) is 3.17. The number of aryl methyl sites for hydroxylation is 1. The topological polar surface area (TPSA) is 66.5 Å². The van der Waals surface area contributed by atoms with E-state index < -0.39 is 21.7 Å². The Morgan fingerprint density at radius 2 is 1.72 bits per heavy atom. The maximum Gasteiger partial charge on any atom is 0.255 e. The number of carbonyl (C=O) groups is 1. The lowest BCUT2D eigenvalue weighted by Gasteiger charge is -2.15. The Labute approximate surface area is 146 Å². The van der Waals surface area contributed by atoms with Crippen LogP contribution in [0, 0.1) is 12.7 Å². The number of halogens is 1. The summed E-state index contributed by atoms with van der Waals surface area (Å²) in [7, 11) is -3.51. The monoisotopic (exact) mass is 362 g/mol. The highest BCUT2D eigenvalue weighted by Gasteiger charge is 2.27. The summed E-state index contributed by atoms with van der Waals surface area (Å²) < 4.78 is 40.1. The summed E-state index contributed by atoms with van der Waals surface area (Å²) >= 11 is 0. The molecule has 0 unspecified atom stereocenters. The van der Waals surface area contributed by atoms with Crippen LogP contribution in [-0.2, 0) is 10.0 Å². The highest BCUT2D eigenvalue weighted by Crippen LogP contribution is 2.22. The number of rotatable bonds is 4. The maximum absolute atomic E-state index is 13.7. The molecule has 3 rings (SSSR count). The molecule has 2 aromatic rings. The molecule has 0 atom stereocenters. The van der Waals surface area contributed by atoms with Crippen LogP contribution in [0.15, 0.2) is 47.4 Å². The van der Waals surface area contributed by atoms with E-state index in [1.54, 1.807) is 19.1 Å². The van der Waals surface area contributed by atoms with Gasteiger partial charge in [-0.2, -0.15) is 4.31 Å². The molecule has 1 aliphatic heterocycles. The molecule has 0 saturated carbocycles. The van der Waals surface area contributed by atoms with Gasteiger partial charge < -0.3 is 5.32 Å². The van der Waals surface area contributed by atoms with E-state index in [9.17, 15) is 17.6 Å². The number of benzene rings is 2. The zero-order valence-corrected chi connectivity index (χ0v) is 14.6. The van der Waals surface area contributed by atoms with Crippen molar-refractivity contribution < 1.29 is 17.6 Å². The third-order valence-corrected chi connectivity index (χ3v) is 6.10. The van der Waals surface area contributed by atoms with E-state index in [0.29, 0.717) is 13.1 Å². The first kappa shape index (κ1) is 17.6. The van der Waals surface area contributed by atoms with Gasteiger partial charge in [-0.05, 0) is 61.7 Å². The van der Waals surface area contributed by atoms with Crippen LogP contribution >= 0.6 is 0 Å². The van der Waals surface area contributed by atoms with Gasteiger partial charge >= 0.3 is 0 Å². The van der Waals surface area contributed by atoms with Crippen molar-refractivity contribution >= 4 is 21.6 Å². The molecule has 1 fully saturated rings. The Balaban J connectivity index is 1.78. The fourth-order valence-electron chi connectivity index (χ4n) is 2.79. The summed E-state index contributed by atoms with van der Waals surface area (Å²) in [6.07, 6.45) is 1.73. The van der Waals surface area contributed by atoms with Crippen molar-refractivity contribution in [3.63, 3.8) is 0 Å². The molecule has 0 bridgehead atoms. The summed E-state index contributed by atoms with van der Waals surface area (Å²) in [5, 5.41) is 2.51. The van der Waals surface area contributed by atoms with E-state index in [-0.39, 0.29) is 16.1 Å². The van der Waals surface area contributed by atoms with Gasteiger partial charge in [0.15, 0.2) is 0 Å². The summed E-state index contributed by atoms with van der Waals surface area (Å²) in [6, 6.07) is 10.1. The van der Waals surface area contributed by atoms with Gasteiger partial charge in [-0.25, -0.2) is 12.8 Å². The van der Waals surface area contributed by atoms with E-state index in [1.807, 2.05) is 0 Å². The van der Waals surface area contributed by atoms with Gasteiger partial charge in [-0.3, -0.25) is 4.79 Å². The third-order valence-electron chi connectivity index (χ3n) is 4.19. The lowest BCUT2D eigenvalue weighted by molar-refractivity contribution is 0.102. The molecule has 25 heavy (non-hydrogen) atoms. The Morgan fingerprint density at radius 3 is 2.36 bits per heavy atom. The molecule has 2 aromatic carbocycles. The average Bonchev–Trinajstić information content (AvgIpc) is 3.13. The number of amides is 1. The molecule has 132 valence electrons. The second-order valence-corrected chi connectivity index (χ2v) is 8.01. The minimum atomic E-state index is -3.51. The van der Waals surface area contributed by atoms with E-state index in [2.05, 4.69) is 5.32 Å². The first-order valence-corrected chi connectivity index (χ1v) is 9.50. The SMILES string of the molecule is Cc1ccc(F)c(NC(=O)c2ccc(S(=O)(=O)N3CCCC3)cc2)c1. The van der Waals surface area contributed by atoms with Crippen LogP contribution in [0.1, 0.15) is 28.8 Å². The molecule has 0 aromatic heterocycles. The highest BCUT2D eigenvalue weighted by atomic mass is 32.2. The average molecular weight is 362 g/mol. The number of anilines is 1. The third kappa shape index (κ3) is 3.72. The fourth-order valence-corrected chi connectivity index (χ4v) is 4.30. The molecule has 0 spiro atoms. The van der Waals surface area contributed by atoms with Crippen LogP contribution in [0.2, 0.25) is 0 Å². The Bertz CT molecular complexity index is 889. The van der Waals surface area contributed by atoms with Crippen LogP contribution in [0.5, 0.6) is 0 Å². The van der Waals surface area contributed by atoms with Crippen molar-refractivity contribution in [3.05, 3.63) is 59.4 Å². The molecule has 7 heteroatoms. The predicted molar refractivity (Wildman–Crippen MR) is 93.5 cm³/mol. The van der Waals surface area contributed by atoms with E-state index in [1.165, 1.54) is 34.6 Å². The quantitative estimate of drug-likeness (QED) is 0.908. The lowest BCUT2D eigenvalue weighted by atomic mass is 10.2. The van der Waals surface area contributed by atoms with Gasteiger partial charge in [-0.15, -0.1) is 0 Å². The fraction of sp³-hybridized carbons (Fsp3) is 0.278. The van der Waals surface area contributed by atoms with Gasteiger partial charge in [0.05, 0.1) is 10.6 Å². The van der Waals surface area contributed by atoms with Crippen LogP contribution in [-0.4, -0.2) is 31.7 Å². The van der Waals surface area contributed by atoms with Crippen molar-refractivity contribution in [3.8, 4) is 0 Å². The zero-order valence-electron chi connectivity index (χ0n) is 13.8. The molecular formula is C18H19FN2O3S. The number of hydrogen-bond donors (Lipinski definition) is 1. The Morgan fingerprint density at radius 1 is 1.08 bits per heavy atom. The Hall–Kier alpha value is -2.25. The molecule has 1 aliphatic rings. The van der Waals surface area contributed by atoms with Crippen LogP contribution in [0.25, 0.3) is 0 Å². The van der Waals surface area contributed by atoms with Crippen molar-refractivity contribution in [2.75, 3.05) is 18.4 Å². The normalized spacial score (nSPS) is 15.3. The number of hydrogen-bond acceptors (Lipinski definition) is 3. The largest absolute Gasteiger partial charge is 0.319 e. The van der Waals surface area contributed by atoms with Crippen molar-refractivity contribution in [2.45, 2.75) is 24.7 Å². The first-order valence-electron chi connectivity index (χ1n) is 8.05. The second kappa shape index (κ2) is 6.93.